The van der Waals surface area contributed by atoms with Crippen LogP contribution in [0.2, 0.25) is 0 Å². The molecular formula is C51H80N2. The van der Waals surface area contributed by atoms with Gasteiger partial charge in [0.2, 0.25) is 0 Å². The van der Waals surface area contributed by atoms with E-state index < -0.39 is 0 Å². The highest BCUT2D eigenvalue weighted by Crippen LogP contribution is 2.57. The summed E-state index contributed by atoms with van der Waals surface area (Å²) >= 11 is 0. The summed E-state index contributed by atoms with van der Waals surface area (Å²) in [6.45, 7) is 2.62. The van der Waals surface area contributed by atoms with Gasteiger partial charge < -0.3 is 0 Å². The van der Waals surface area contributed by atoms with Crippen LogP contribution in [0.4, 0.5) is 0 Å². The summed E-state index contributed by atoms with van der Waals surface area (Å²) in [7, 11) is 0. The average molecular weight is 721 g/mol. The zero-order valence-electron chi connectivity index (χ0n) is 34.3. The topological polar surface area (TPSA) is 24.1 Å². The van der Waals surface area contributed by atoms with Crippen molar-refractivity contribution < 1.29 is 0 Å². The van der Waals surface area contributed by atoms with E-state index in [0.717, 1.165) is 89.0 Å². The Bertz CT molecular complexity index is 1340. The van der Waals surface area contributed by atoms with Gasteiger partial charge in [-0.25, -0.2) is 0 Å². The highest BCUT2D eigenvalue weighted by atomic mass is 15.2. The average Bonchev–Trinajstić information content (AvgIpc) is 3.24. The van der Waals surface area contributed by atoms with Gasteiger partial charge in [0.25, 0.3) is 0 Å². The van der Waals surface area contributed by atoms with Crippen molar-refractivity contribution in [2.45, 2.75) is 205 Å². The van der Waals surface area contributed by atoms with Gasteiger partial charge in [0.1, 0.15) is 0 Å². The van der Waals surface area contributed by atoms with E-state index in [1.807, 2.05) is 16.7 Å². The molecular weight excluding hydrogens is 641 g/mol. The third kappa shape index (κ3) is 7.40. The monoisotopic (exact) mass is 721 g/mol. The second-order valence-corrected chi connectivity index (χ2v) is 21.8. The first-order valence-corrected chi connectivity index (χ1v) is 24.8. The van der Waals surface area contributed by atoms with E-state index in [-0.39, 0.29) is 0 Å². The van der Waals surface area contributed by atoms with E-state index >= 15 is 0 Å². The fraction of sp³-hybridized carbons (Fsp3) is 0.882. The Morgan fingerprint density at radius 1 is 0.509 bits per heavy atom. The van der Waals surface area contributed by atoms with Crippen LogP contribution in [-0.4, -0.2) is 18.2 Å². The molecule has 9 aliphatic carbocycles. The first-order chi connectivity index (χ1) is 26.2. The van der Waals surface area contributed by atoms with Crippen LogP contribution in [-0.2, 0) is 0 Å². The molecule has 1 aliphatic heterocycles. The highest BCUT2D eigenvalue weighted by Gasteiger charge is 2.48. The van der Waals surface area contributed by atoms with E-state index in [4.69, 9.17) is 0 Å². The molecule has 0 aromatic rings. The molecule has 2 N–H and O–H groups in total. The van der Waals surface area contributed by atoms with E-state index in [9.17, 15) is 0 Å². The van der Waals surface area contributed by atoms with Gasteiger partial charge in [-0.2, -0.15) is 0 Å². The molecule has 5 saturated carbocycles. The number of hydrogen-bond acceptors (Lipinski definition) is 2. The zero-order valence-corrected chi connectivity index (χ0v) is 34.3. The van der Waals surface area contributed by atoms with E-state index in [1.54, 1.807) is 6.42 Å². The zero-order chi connectivity index (χ0) is 35.3. The van der Waals surface area contributed by atoms with Crippen molar-refractivity contribution in [2.24, 2.45) is 76.9 Å². The van der Waals surface area contributed by atoms with Crippen molar-refractivity contribution in [1.29, 1.82) is 0 Å². The molecule has 0 spiro atoms. The Morgan fingerprint density at radius 3 is 2.06 bits per heavy atom. The molecule has 294 valence electrons. The Kier molecular flexibility index (Phi) is 11.1. The van der Waals surface area contributed by atoms with Gasteiger partial charge in [-0.15, -0.1) is 0 Å². The molecule has 0 aromatic carbocycles. The minimum Gasteiger partial charge on any atom is -0.299 e. The summed E-state index contributed by atoms with van der Waals surface area (Å²) in [5, 5.41) is 9.06. The highest BCUT2D eigenvalue weighted by molar-refractivity contribution is 5.35. The molecule has 0 bridgehead atoms. The van der Waals surface area contributed by atoms with Crippen molar-refractivity contribution >= 4 is 0 Å². The molecule has 10 rings (SSSR count). The minimum absolute atomic E-state index is 0.565. The van der Waals surface area contributed by atoms with E-state index in [0.29, 0.717) is 6.17 Å². The molecule has 1 saturated heterocycles. The van der Waals surface area contributed by atoms with Crippen molar-refractivity contribution in [3.63, 3.8) is 0 Å². The molecule has 2 nitrogen and oxygen atoms in total. The Labute approximate surface area is 326 Å². The number of rotatable bonds is 5. The predicted octanol–water partition coefficient (Wildman–Crippen LogP) is 13.1. The summed E-state index contributed by atoms with van der Waals surface area (Å²) in [6.07, 6.45) is 50.4. The van der Waals surface area contributed by atoms with Crippen LogP contribution >= 0.6 is 0 Å². The molecule has 10 aliphatic rings. The van der Waals surface area contributed by atoms with Gasteiger partial charge in [0.05, 0.1) is 6.17 Å². The third-order valence-corrected chi connectivity index (χ3v) is 19.2. The minimum atomic E-state index is 0.565. The van der Waals surface area contributed by atoms with Crippen LogP contribution in [0, 0.1) is 76.9 Å². The van der Waals surface area contributed by atoms with Crippen LogP contribution in [0.1, 0.15) is 187 Å². The normalized spacial score (nSPS) is 47.2. The van der Waals surface area contributed by atoms with Crippen molar-refractivity contribution in [2.75, 3.05) is 0 Å². The summed E-state index contributed by atoms with van der Waals surface area (Å²) < 4.78 is 0. The van der Waals surface area contributed by atoms with Gasteiger partial charge >= 0.3 is 0 Å². The number of nitrogens with one attached hydrogen (secondary N) is 2. The first-order valence-electron chi connectivity index (χ1n) is 24.8. The van der Waals surface area contributed by atoms with Crippen LogP contribution in [0.3, 0.4) is 0 Å². The lowest BCUT2D eigenvalue weighted by Crippen LogP contribution is -2.65. The van der Waals surface area contributed by atoms with Crippen LogP contribution in [0.5, 0.6) is 0 Å². The molecule has 0 radical (unpaired) electrons. The molecule has 0 aromatic heterocycles. The van der Waals surface area contributed by atoms with Crippen LogP contribution in [0.15, 0.2) is 34.9 Å². The van der Waals surface area contributed by atoms with E-state index in [2.05, 4.69) is 35.8 Å². The maximum Gasteiger partial charge on any atom is 0.0605 e. The van der Waals surface area contributed by atoms with Gasteiger partial charge in [0, 0.05) is 18.0 Å². The third-order valence-electron chi connectivity index (χ3n) is 19.2. The predicted molar refractivity (Wildman–Crippen MR) is 222 cm³/mol. The Balaban J connectivity index is 0.928. The van der Waals surface area contributed by atoms with Gasteiger partial charge in [0.15, 0.2) is 0 Å². The molecule has 2 heteroatoms. The molecule has 1 heterocycles. The van der Waals surface area contributed by atoms with E-state index in [1.165, 1.54) is 173 Å². The molecule has 14 atom stereocenters. The second-order valence-electron chi connectivity index (χ2n) is 21.8. The standard InChI is InChI=1S/C51H80N2/c1-33-13-12-18-35-23-24-38(31-47(33)35)51-52-49(36-16-6-3-7-17-36)32-50(53-51)41-28-39(34-14-4-2-5-15-34)27-40(29-41)37-25-26-46-44-21-9-8-19-42(44)43-20-10-11-22-45(43)48(46)30-37/h10,20,30,33-36,38-41,43,45-53H,2-9,11-19,21-29,31-32H2,1H3. The second kappa shape index (κ2) is 16.2. The maximum absolute atomic E-state index is 4.59. The Morgan fingerprint density at radius 2 is 1.23 bits per heavy atom. The van der Waals surface area contributed by atoms with Gasteiger partial charge in [-0.1, -0.05) is 113 Å². The summed E-state index contributed by atoms with van der Waals surface area (Å²) in [5.41, 5.74) is 5.89. The Hall–Kier alpha value is -0.860. The van der Waals surface area contributed by atoms with Crippen molar-refractivity contribution in [3.8, 4) is 0 Å². The number of allylic oxidation sites excluding steroid dienone is 6. The fourth-order valence-corrected chi connectivity index (χ4v) is 16.5. The van der Waals surface area contributed by atoms with Crippen LogP contribution in [0.25, 0.3) is 0 Å². The summed E-state index contributed by atoms with van der Waals surface area (Å²) in [5.74, 6) is 11.9. The van der Waals surface area contributed by atoms with Gasteiger partial charge in [-0.05, 0) is 180 Å². The molecule has 0 amide bonds. The maximum atomic E-state index is 4.59. The van der Waals surface area contributed by atoms with Crippen molar-refractivity contribution in [1.82, 2.24) is 10.6 Å². The lowest BCUT2D eigenvalue weighted by Gasteiger charge is -2.53. The lowest BCUT2D eigenvalue weighted by atomic mass is 9.55. The SMILES string of the molecule is CC1CCCC2CCC(C3NC(C4CCCCC4)CC(C4CC(C5=CC6C(CC5)C5=C(CCCC5)C5C=CCCC56)CC(C5CCCCC5)C4)N3)CC12. The molecule has 6 fully saturated rings. The molecule has 14 unspecified atom stereocenters. The smallest absolute Gasteiger partial charge is 0.0605 e. The van der Waals surface area contributed by atoms with Gasteiger partial charge in [-0.3, -0.25) is 10.6 Å². The molecule has 53 heavy (non-hydrogen) atoms. The number of fused-ring (bicyclic) bond motifs is 6. The summed E-state index contributed by atoms with van der Waals surface area (Å²) in [4.78, 5) is 0. The fourth-order valence-electron chi connectivity index (χ4n) is 16.5. The van der Waals surface area contributed by atoms with Crippen molar-refractivity contribution in [3.05, 3.63) is 34.9 Å². The van der Waals surface area contributed by atoms with Crippen LogP contribution < -0.4 is 10.6 Å². The first kappa shape index (κ1) is 36.5. The lowest BCUT2D eigenvalue weighted by molar-refractivity contribution is 0.0242. The largest absolute Gasteiger partial charge is 0.299 e. The quantitative estimate of drug-likeness (QED) is 0.276. The number of hydrogen-bond donors (Lipinski definition) is 2. The summed E-state index contributed by atoms with van der Waals surface area (Å²) in [6, 6.07) is 1.49.